The molecule has 4 rings (SSSR count). The van der Waals surface area contributed by atoms with E-state index in [1.807, 2.05) is 0 Å². The summed E-state index contributed by atoms with van der Waals surface area (Å²) in [5.74, 6) is -0.535. The maximum absolute atomic E-state index is 13.7. The van der Waals surface area contributed by atoms with Gasteiger partial charge in [0.05, 0.1) is 21.7 Å². The fraction of sp³-hybridized carbons (Fsp3) is 0.143. The summed E-state index contributed by atoms with van der Waals surface area (Å²) in [7, 11) is 0. The van der Waals surface area contributed by atoms with Crippen molar-refractivity contribution in [3.8, 4) is 5.88 Å². The quantitative estimate of drug-likeness (QED) is 0.566. The first kappa shape index (κ1) is 21.9. The molecular formula is C21H12F6N2O2S. The number of alkyl halides is 6. The molecule has 1 aliphatic heterocycles. The Morgan fingerprint density at radius 3 is 2.44 bits per heavy atom. The number of rotatable bonds is 3. The van der Waals surface area contributed by atoms with Crippen molar-refractivity contribution in [2.24, 2.45) is 4.99 Å². The SMILES string of the molecule is O=c1[nH]c(O)c(C(Cc2ccc(C(F)(F)F)cc2C(F)(F)F)=c2cccc3c2=CC=N3)s1. The van der Waals surface area contributed by atoms with Crippen LogP contribution in [0.4, 0.5) is 32.0 Å². The number of fused-ring (bicyclic) bond motifs is 1. The highest BCUT2D eigenvalue weighted by Gasteiger charge is 2.38. The fourth-order valence-electron chi connectivity index (χ4n) is 3.48. The molecule has 0 saturated heterocycles. The fourth-order valence-corrected chi connectivity index (χ4v) is 4.27. The second-order valence-corrected chi connectivity index (χ2v) is 7.88. The van der Waals surface area contributed by atoms with Crippen molar-refractivity contribution in [1.29, 1.82) is 0 Å². The molecule has 32 heavy (non-hydrogen) atoms. The van der Waals surface area contributed by atoms with Crippen LogP contribution in [0.1, 0.15) is 21.6 Å². The van der Waals surface area contributed by atoms with Gasteiger partial charge < -0.3 is 5.11 Å². The topological polar surface area (TPSA) is 65.5 Å². The van der Waals surface area contributed by atoms with Crippen molar-refractivity contribution in [3.05, 3.63) is 78.1 Å². The maximum atomic E-state index is 13.7. The number of H-pyrrole nitrogens is 1. The van der Waals surface area contributed by atoms with E-state index in [4.69, 9.17) is 0 Å². The van der Waals surface area contributed by atoms with Gasteiger partial charge in [0.25, 0.3) is 0 Å². The Balaban J connectivity index is 2.00. The zero-order chi connectivity index (χ0) is 23.3. The minimum atomic E-state index is -5.05. The molecule has 0 radical (unpaired) electrons. The third-order valence-corrected chi connectivity index (χ3v) is 5.81. The van der Waals surface area contributed by atoms with Gasteiger partial charge in [-0.25, -0.2) is 0 Å². The average Bonchev–Trinajstić information content (AvgIpc) is 3.30. The minimum absolute atomic E-state index is 0.00303. The van der Waals surface area contributed by atoms with Crippen molar-refractivity contribution >= 4 is 34.9 Å². The molecule has 2 N–H and O–H groups in total. The molecule has 4 nitrogen and oxygen atoms in total. The lowest BCUT2D eigenvalue weighted by Crippen LogP contribution is -2.27. The van der Waals surface area contributed by atoms with Crippen LogP contribution in [-0.4, -0.2) is 16.3 Å². The highest BCUT2D eigenvalue weighted by molar-refractivity contribution is 7.10. The van der Waals surface area contributed by atoms with Gasteiger partial charge in [-0.15, -0.1) is 0 Å². The number of hydrogen-bond donors (Lipinski definition) is 2. The monoisotopic (exact) mass is 470 g/mol. The van der Waals surface area contributed by atoms with E-state index < -0.39 is 46.2 Å². The predicted octanol–water partition coefficient (Wildman–Crippen LogP) is 4.12. The van der Waals surface area contributed by atoms with Gasteiger partial charge in [0, 0.05) is 17.9 Å². The molecule has 0 bridgehead atoms. The second-order valence-electron chi connectivity index (χ2n) is 6.90. The molecule has 1 aliphatic rings. The first-order chi connectivity index (χ1) is 14.9. The van der Waals surface area contributed by atoms with Crippen molar-refractivity contribution in [2.75, 3.05) is 0 Å². The molecular weight excluding hydrogens is 458 g/mol. The average molecular weight is 470 g/mol. The molecule has 166 valence electrons. The van der Waals surface area contributed by atoms with Gasteiger partial charge in [-0.1, -0.05) is 29.5 Å². The lowest BCUT2D eigenvalue weighted by molar-refractivity contribution is -0.143. The largest absolute Gasteiger partial charge is 0.493 e. The standard InChI is InChI=1S/C21H12F6N2O2S/c22-20(23,24)11-5-4-10(15(9-11)21(25,26)27)8-14(17-18(30)29-19(31)32-17)12-2-1-3-16-13(12)6-7-28-16/h1-7,9,30H,8H2,(H,29,31). The van der Waals surface area contributed by atoms with Gasteiger partial charge in [0.1, 0.15) is 0 Å². The first-order valence-corrected chi connectivity index (χ1v) is 9.83. The summed E-state index contributed by atoms with van der Waals surface area (Å²) in [5.41, 5.74) is -2.62. The number of aliphatic imine (C=N–C) groups is 1. The highest BCUT2D eigenvalue weighted by Crippen LogP contribution is 2.39. The van der Waals surface area contributed by atoms with E-state index in [1.165, 1.54) is 6.21 Å². The Morgan fingerprint density at radius 2 is 1.81 bits per heavy atom. The maximum Gasteiger partial charge on any atom is 0.416 e. The smallest absolute Gasteiger partial charge is 0.416 e. The number of aromatic amines is 1. The lowest BCUT2D eigenvalue weighted by atomic mass is 9.94. The van der Waals surface area contributed by atoms with E-state index >= 15 is 0 Å². The van der Waals surface area contributed by atoms with Crippen LogP contribution in [0.15, 0.2) is 46.2 Å². The third-order valence-electron chi connectivity index (χ3n) is 4.88. The molecule has 1 aromatic heterocycles. The third kappa shape index (κ3) is 4.07. The molecule has 11 heteroatoms. The van der Waals surface area contributed by atoms with Crippen molar-refractivity contribution in [1.82, 2.24) is 4.98 Å². The van der Waals surface area contributed by atoms with Gasteiger partial charge in [-0.3, -0.25) is 14.8 Å². The first-order valence-electron chi connectivity index (χ1n) is 9.01. The number of aromatic nitrogens is 1. The van der Waals surface area contributed by atoms with E-state index in [2.05, 4.69) is 9.98 Å². The molecule has 0 fully saturated rings. The number of benzene rings is 2. The van der Waals surface area contributed by atoms with Gasteiger partial charge >= 0.3 is 17.2 Å². The van der Waals surface area contributed by atoms with Crippen molar-refractivity contribution < 1.29 is 31.4 Å². The summed E-state index contributed by atoms with van der Waals surface area (Å²) in [5, 5.41) is 11.2. The molecule has 0 aliphatic carbocycles. The number of halogens is 6. The summed E-state index contributed by atoms with van der Waals surface area (Å²) in [6.45, 7) is 0. The van der Waals surface area contributed by atoms with Crippen LogP contribution in [0.3, 0.4) is 0 Å². The number of nitrogens with zero attached hydrogens (tertiary/aromatic N) is 1. The van der Waals surface area contributed by atoms with E-state index in [1.54, 1.807) is 24.3 Å². The molecule has 0 spiro atoms. The summed E-state index contributed by atoms with van der Waals surface area (Å²) in [6.07, 6.45) is -7.38. The van der Waals surface area contributed by atoms with E-state index in [9.17, 15) is 36.2 Å². The minimum Gasteiger partial charge on any atom is -0.493 e. The number of nitrogens with one attached hydrogen (secondary N) is 1. The highest BCUT2D eigenvalue weighted by atomic mass is 32.1. The van der Waals surface area contributed by atoms with Crippen LogP contribution in [0.5, 0.6) is 5.88 Å². The van der Waals surface area contributed by atoms with Crippen molar-refractivity contribution in [2.45, 2.75) is 18.8 Å². The summed E-state index contributed by atoms with van der Waals surface area (Å²) < 4.78 is 80.1. The van der Waals surface area contributed by atoms with Crippen LogP contribution in [0.2, 0.25) is 0 Å². The van der Waals surface area contributed by atoms with Crippen LogP contribution < -0.4 is 15.3 Å². The Kier molecular flexibility index (Phi) is 5.24. The Hall–Kier alpha value is -3.34. The van der Waals surface area contributed by atoms with Crippen LogP contribution in [0.25, 0.3) is 11.6 Å². The zero-order valence-electron chi connectivity index (χ0n) is 15.8. The Morgan fingerprint density at radius 1 is 1.06 bits per heavy atom. The number of thiazole rings is 1. The van der Waals surface area contributed by atoms with Crippen molar-refractivity contribution in [3.63, 3.8) is 0 Å². The molecule has 2 aromatic carbocycles. The van der Waals surface area contributed by atoms with Gasteiger partial charge in [0.2, 0.25) is 5.88 Å². The molecule has 0 saturated carbocycles. The van der Waals surface area contributed by atoms with Crippen LogP contribution >= 0.6 is 11.3 Å². The zero-order valence-corrected chi connectivity index (χ0v) is 16.6. The molecule has 0 atom stereocenters. The summed E-state index contributed by atoms with van der Waals surface area (Å²) >= 11 is 0.589. The van der Waals surface area contributed by atoms with E-state index in [0.717, 1.165) is 6.07 Å². The summed E-state index contributed by atoms with van der Waals surface area (Å²) in [6, 6.07) is 6.27. The van der Waals surface area contributed by atoms with Gasteiger partial charge in [-0.2, -0.15) is 26.3 Å². The molecule has 2 heterocycles. The number of hydrogen-bond acceptors (Lipinski definition) is 4. The van der Waals surface area contributed by atoms with Crippen LogP contribution in [-0.2, 0) is 18.8 Å². The second kappa shape index (κ2) is 7.66. The summed E-state index contributed by atoms with van der Waals surface area (Å²) in [4.78, 5) is 17.4. The predicted molar refractivity (Wildman–Crippen MR) is 108 cm³/mol. The molecule has 3 aromatic rings. The molecule has 0 unspecified atom stereocenters. The Bertz CT molecular complexity index is 1410. The number of aromatic hydroxyl groups is 1. The van der Waals surface area contributed by atoms with Gasteiger partial charge in [0.15, 0.2) is 0 Å². The van der Waals surface area contributed by atoms with E-state index in [0.29, 0.717) is 33.5 Å². The van der Waals surface area contributed by atoms with Crippen LogP contribution in [0, 0.1) is 0 Å². The normalized spacial score (nSPS) is 14.3. The molecule has 0 amide bonds. The lowest BCUT2D eigenvalue weighted by Gasteiger charge is -2.17. The van der Waals surface area contributed by atoms with E-state index in [-0.39, 0.29) is 16.5 Å². The van der Waals surface area contributed by atoms with Gasteiger partial charge in [-0.05, 0) is 40.6 Å². The Labute approximate surface area is 179 Å².